The van der Waals surface area contributed by atoms with Gasteiger partial charge < -0.3 is 0 Å². The molecule has 0 radical (unpaired) electrons. The molecule has 1 aromatic heterocycles. The molecule has 3 aromatic carbocycles. The van der Waals surface area contributed by atoms with E-state index in [0.717, 1.165) is 16.7 Å². The number of Topliss-reactive ketones (excluding diaryl/α,β-unsaturated/α-hetero) is 1. The monoisotopic (exact) mass is 468 g/mol. The van der Waals surface area contributed by atoms with Gasteiger partial charge in [0.05, 0.1) is 23.1 Å². The first-order valence-electron chi connectivity index (χ1n) is 12.2. The highest BCUT2D eigenvalue weighted by Crippen LogP contribution is 2.30. The zero-order chi connectivity index (χ0) is 25.3. The number of ketones is 1. The van der Waals surface area contributed by atoms with Gasteiger partial charge in [0.25, 0.3) is 5.56 Å². The minimum atomic E-state index is -0.364. The van der Waals surface area contributed by atoms with E-state index in [1.165, 1.54) is 4.57 Å². The van der Waals surface area contributed by atoms with E-state index in [2.05, 4.69) is 27.7 Å². The first kappa shape index (κ1) is 24.4. The third-order valence-corrected chi connectivity index (χ3v) is 6.55. The second kappa shape index (κ2) is 9.87. The normalized spacial score (nSPS) is 11.5. The van der Waals surface area contributed by atoms with E-state index < -0.39 is 0 Å². The molecule has 0 bridgehead atoms. The number of nitrogens with zero attached hydrogens (tertiary/aromatic N) is 2. The van der Waals surface area contributed by atoms with Crippen molar-refractivity contribution in [2.75, 3.05) is 0 Å². The van der Waals surface area contributed by atoms with Crippen molar-refractivity contribution in [3.63, 3.8) is 0 Å². The van der Waals surface area contributed by atoms with Crippen molar-refractivity contribution in [3.8, 4) is 5.69 Å². The number of hydrogen-bond donors (Lipinski definition) is 0. The molecule has 0 aliphatic carbocycles. The lowest BCUT2D eigenvalue weighted by molar-refractivity contribution is 0.0988. The van der Waals surface area contributed by atoms with Crippen LogP contribution >= 0.6 is 0 Å². The Hall–Kier alpha value is -3.73. The molecular formula is C30H32N2O3. The van der Waals surface area contributed by atoms with Crippen LogP contribution < -0.4 is 11.2 Å². The number of aromatic nitrogens is 2. The predicted molar refractivity (Wildman–Crippen MR) is 142 cm³/mol. The SMILES string of the molecule is CCC(=O)c1ccc(Cn2c(=O)n(-c3c(C(C)C)cccc3C(C)C)c(=O)c3ccccc32)cc1. The van der Waals surface area contributed by atoms with E-state index in [1.807, 2.05) is 55.5 Å². The van der Waals surface area contributed by atoms with Crippen LogP contribution in [0.2, 0.25) is 0 Å². The van der Waals surface area contributed by atoms with Crippen molar-refractivity contribution < 1.29 is 4.79 Å². The minimum Gasteiger partial charge on any atom is -0.294 e. The smallest absolute Gasteiger partial charge is 0.294 e. The maximum absolute atomic E-state index is 14.1. The van der Waals surface area contributed by atoms with Crippen molar-refractivity contribution in [1.82, 2.24) is 9.13 Å². The Morgan fingerprint density at radius 2 is 1.40 bits per heavy atom. The molecule has 0 saturated carbocycles. The molecule has 0 fully saturated rings. The molecule has 0 saturated heterocycles. The Morgan fingerprint density at radius 3 is 1.97 bits per heavy atom. The van der Waals surface area contributed by atoms with E-state index >= 15 is 0 Å². The molecule has 5 nitrogen and oxygen atoms in total. The van der Waals surface area contributed by atoms with Gasteiger partial charge in [-0.15, -0.1) is 0 Å². The number of hydrogen-bond acceptors (Lipinski definition) is 3. The zero-order valence-electron chi connectivity index (χ0n) is 21.0. The molecule has 180 valence electrons. The zero-order valence-corrected chi connectivity index (χ0v) is 21.0. The fourth-order valence-corrected chi connectivity index (χ4v) is 4.62. The highest BCUT2D eigenvalue weighted by Gasteiger charge is 2.22. The summed E-state index contributed by atoms with van der Waals surface area (Å²) in [4.78, 5) is 39.9. The van der Waals surface area contributed by atoms with E-state index in [-0.39, 0.29) is 28.9 Å². The molecule has 0 N–H and O–H groups in total. The molecule has 0 spiro atoms. The van der Waals surface area contributed by atoms with Crippen LogP contribution in [0.4, 0.5) is 0 Å². The van der Waals surface area contributed by atoms with Crippen LogP contribution in [0.3, 0.4) is 0 Å². The van der Waals surface area contributed by atoms with Crippen molar-refractivity contribution in [2.45, 2.75) is 59.4 Å². The second-order valence-electron chi connectivity index (χ2n) is 9.59. The number of carbonyl (C=O) groups excluding carboxylic acids is 1. The van der Waals surface area contributed by atoms with Crippen molar-refractivity contribution in [3.05, 3.63) is 110 Å². The summed E-state index contributed by atoms with van der Waals surface area (Å²) in [6.07, 6.45) is 0.446. The van der Waals surface area contributed by atoms with Crippen LogP contribution in [0.1, 0.15) is 79.9 Å². The maximum Gasteiger partial charge on any atom is 0.336 e. The van der Waals surface area contributed by atoms with Crippen LogP contribution in [0.5, 0.6) is 0 Å². The Labute approximate surface area is 205 Å². The first-order valence-corrected chi connectivity index (χ1v) is 12.2. The lowest BCUT2D eigenvalue weighted by Crippen LogP contribution is -2.40. The molecule has 4 aromatic rings. The largest absolute Gasteiger partial charge is 0.336 e. The summed E-state index contributed by atoms with van der Waals surface area (Å²) in [5.41, 5.74) is 4.11. The van der Waals surface area contributed by atoms with Crippen LogP contribution in [-0.4, -0.2) is 14.9 Å². The summed E-state index contributed by atoms with van der Waals surface area (Å²) >= 11 is 0. The van der Waals surface area contributed by atoms with Crippen LogP contribution in [-0.2, 0) is 6.54 Å². The number of benzene rings is 3. The molecule has 0 atom stereocenters. The quantitative estimate of drug-likeness (QED) is 0.311. The fraction of sp³-hybridized carbons (Fsp3) is 0.300. The summed E-state index contributed by atoms with van der Waals surface area (Å²) in [6.45, 7) is 10.4. The number of fused-ring (bicyclic) bond motifs is 1. The molecule has 5 heteroatoms. The van der Waals surface area contributed by atoms with Crippen molar-refractivity contribution in [2.24, 2.45) is 0 Å². The topological polar surface area (TPSA) is 61.1 Å². The fourth-order valence-electron chi connectivity index (χ4n) is 4.62. The van der Waals surface area contributed by atoms with Gasteiger partial charge in [0.1, 0.15) is 0 Å². The van der Waals surface area contributed by atoms with Crippen molar-refractivity contribution >= 4 is 16.7 Å². The van der Waals surface area contributed by atoms with E-state index in [0.29, 0.717) is 35.1 Å². The molecule has 35 heavy (non-hydrogen) atoms. The maximum atomic E-state index is 14.1. The van der Waals surface area contributed by atoms with Gasteiger partial charge in [0.15, 0.2) is 5.78 Å². The van der Waals surface area contributed by atoms with E-state index in [4.69, 9.17) is 0 Å². The van der Waals surface area contributed by atoms with Gasteiger partial charge in [-0.3, -0.25) is 14.2 Å². The summed E-state index contributed by atoms with van der Waals surface area (Å²) in [5, 5.41) is 0.498. The Bertz CT molecular complexity index is 1480. The molecule has 1 heterocycles. The summed E-state index contributed by atoms with van der Waals surface area (Å²) in [5.74, 6) is 0.358. The Morgan fingerprint density at radius 1 is 0.800 bits per heavy atom. The highest BCUT2D eigenvalue weighted by molar-refractivity contribution is 5.95. The number of rotatable bonds is 7. The summed E-state index contributed by atoms with van der Waals surface area (Å²) < 4.78 is 3.02. The Balaban J connectivity index is 2.01. The average molecular weight is 469 g/mol. The Kier molecular flexibility index (Phi) is 6.88. The predicted octanol–water partition coefficient (Wildman–Crippen LogP) is 6.04. The summed E-state index contributed by atoms with van der Waals surface area (Å²) in [6, 6.07) is 20.6. The first-order chi connectivity index (χ1) is 16.7. The van der Waals surface area contributed by atoms with Crippen molar-refractivity contribution in [1.29, 1.82) is 0 Å². The van der Waals surface area contributed by atoms with Gasteiger partial charge >= 0.3 is 5.69 Å². The second-order valence-corrected chi connectivity index (χ2v) is 9.59. The van der Waals surface area contributed by atoms with Gasteiger partial charge in [0, 0.05) is 12.0 Å². The van der Waals surface area contributed by atoms with Crippen LogP contribution in [0.15, 0.2) is 76.3 Å². The third kappa shape index (κ3) is 4.51. The minimum absolute atomic E-state index is 0.0826. The van der Waals surface area contributed by atoms with Crippen LogP contribution in [0, 0.1) is 0 Å². The lowest BCUT2D eigenvalue weighted by Gasteiger charge is -2.22. The molecule has 0 amide bonds. The van der Waals surface area contributed by atoms with Gasteiger partial charge in [-0.2, -0.15) is 0 Å². The third-order valence-electron chi connectivity index (χ3n) is 6.55. The molecule has 0 aliphatic heterocycles. The molecular weight excluding hydrogens is 436 g/mol. The van der Waals surface area contributed by atoms with Gasteiger partial charge in [-0.1, -0.05) is 89.2 Å². The average Bonchev–Trinajstić information content (AvgIpc) is 2.86. The standard InChI is InChI=1S/C30H32N2O3/c1-6-27(33)22-16-14-21(15-17-22)18-31-26-13-8-7-10-25(26)29(34)32(30(31)35)28-23(19(2)3)11-9-12-24(28)20(4)5/h7-17,19-20H,6,18H2,1-5H3. The van der Waals surface area contributed by atoms with Crippen LogP contribution in [0.25, 0.3) is 16.6 Å². The lowest BCUT2D eigenvalue weighted by atomic mass is 9.92. The summed E-state index contributed by atoms with van der Waals surface area (Å²) in [7, 11) is 0. The van der Waals surface area contributed by atoms with Gasteiger partial charge in [0.2, 0.25) is 0 Å². The molecule has 4 rings (SSSR count). The van der Waals surface area contributed by atoms with E-state index in [9.17, 15) is 14.4 Å². The number of para-hydroxylation sites is 2. The highest BCUT2D eigenvalue weighted by atomic mass is 16.2. The molecule has 0 unspecified atom stereocenters. The number of carbonyl (C=O) groups is 1. The molecule has 0 aliphatic rings. The van der Waals surface area contributed by atoms with Gasteiger partial charge in [-0.25, -0.2) is 9.36 Å². The van der Waals surface area contributed by atoms with E-state index in [1.54, 1.807) is 22.8 Å². The van der Waals surface area contributed by atoms with Gasteiger partial charge in [-0.05, 0) is 40.7 Å².